The Labute approximate surface area is 196 Å². The van der Waals surface area contributed by atoms with Gasteiger partial charge < -0.3 is 9.64 Å². The number of likely N-dealkylation sites (N-methyl/N-ethyl adjacent to an activating group) is 1. The number of fused-ring (bicyclic) bond motifs is 2. The summed E-state index contributed by atoms with van der Waals surface area (Å²) in [6.45, 7) is 2.74. The summed E-state index contributed by atoms with van der Waals surface area (Å²) >= 11 is 0. The van der Waals surface area contributed by atoms with Crippen LogP contribution in [0.5, 0.6) is 5.75 Å². The zero-order chi connectivity index (χ0) is 23.2. The fraction of sp³-hybridized carbons (Fsp3) is 0.259. The molecule has 3 aromatic rings. The fourth-order valence-corrected chi connectivity index (χ4v) is 6.58. The minimum Gasteiger partial charge on any atom is -0.497 e. The van der Waals surface area contributed by atoms with Crippen molar-refractivity contribution < 1.29 is 13.2 Å². The first kappa shape index (κ1) is 21.7. The Morgan fingerprint density at radius 3 is 2.33 bits per heavy atom. The highest BCUT2D eigenvalue weighted by atomic mass is 32.2. The van der Waals surface area contributed by atoms with Crippen LogP contribution in [0.2, 0.25) is 0 Å². The lowest BCUT2D eigenvalue weighted by molar-refractivity contribution is 0.300. The molecule has 0 saturated carbocycles. The lowest BCUT2D eigenvalue weighted by atomic mass is 9.73. The van der Waals surface area contributed by atoms with E-state index in [2.05, 4.69) is 42.3 Å². The van der Waals surface area contributed by atoms with Crippen LogP contribution in [0.1, 0.15) is 23.1 Å². The summed E-state index contributed by atoms with van der Waals surface area (Å²) in [5.41, 5.74) is 5.09. The quantitative estimate of drug-likeness (QED) is 0.560. The third kappa shape index (κ3) is 3.45. The SMILES string of the molecule is COc1ccc(C23CCN(S(=O)(=O)c4ccc(C)cc4)CC2=Cc2ccccc2N3C)cc1. The monoisotopic (exact) mass is 460 g/mol. The average Bonchev–Trinajstić information content (AvgIpc) is 2.84. The number of ether oxygens (including phenoxy) is 1. The molecule has 2 aliphatic rings. The van der Waals surface area contributed by atoms with Gasteiger partial charge in [-0.05, 0) is 66.5 Å². The van der Waals surface area contributed by atoms with Gasteiger partial charge in [0, 0.05) is 25.8 Å². The summed E-state index contributed by atoms with van der Waals surface area (Å²) < 4.78 is 34.0. The van der Waals surface area contributed by atoms with Gasteiger partial charge >= 0.3 is 0 Å². The zero-order valence-electron chi connectivity index (χ0n) is 19.2. The molecule has 0 N–H and O–H groups in total. The second-order valence-electron chi connectivity index (χ2n) is 8.78. The molecule has 1 fully saturated rings. The lowest BCUT2D eigenvalue weighted by Crippen LogP contribution is -2.56. The topological polar surface area (TPSA) is 49.9 Å². The minimum absolute atomic E-state index is 0.343. The molecule has 0 bridgehead atoms. The van der Waals surface area contributed by atoms with E-state index in [1.54, 1.807) is 23.5 Å². The van der Waals surface area contributed by atoms with E-state index in [0.29, 0.717) is 24.4 Å². The van der Waals surface area contributed by atoms with E-state index >= 15 is 0 Å². The second-order valence-corrected chi connectivity index (χ2v) is 10.7. The number of anilines is 1. The Bertz CT molecular complexity index is 1310. The van der Waals surface area contributed by atoms with Crippen molar-refractivity contribution in [1.29, 1.82) is 0 Å². The van der Waals surface area contributed by atoms with Gasteiger partial charge in [0.2, 0.25) is 10.0 Å². The number of benzene rings is 3. The number of hydrogen-bond donors (Lipinski definition) is 0. The van der Waals surface area contributed by atoms with Gasteiger partial charge in [0.25, 0.3) is 0 Å². The van der Waals surface area contributed by atoms with E-state index in [1.807, 2.05) is 43.3 Å². The number of sulfonamides is 1. The molecule has 0 aliphatic carbocycles. The molecule has 2 aliphatic heterocycles. The molecule has 33 heavy (non-hydrogen) atoms. The van der Waals surface area contributed by atoms with Crippen molar-refractivity contribution in [3.63, 3.8) is 0 Å². The van der Waals surface area contributed by atoms with Crippen LogP contribution in [0.15, 0.2) is 83.3 Å². The first-order valence-electron chi connectivity index (χ1n) is 11.1. The van der Waals surface area contributed by atoms with E-state index in [1.165, 1.54) is 0 Å². The summed E-state index contributed by atoms with van der Waals surface area (Å²) in [4.78, 5) is 2.66. The molecule has 2 heterocycles. The number of nitrogens with zero attached hydrogens (tertiary/aromatic N) is 2. The molecule has 1 unspecified atom stereocenters. The summed E-state index contributed by atoms with van der Waals surface area (Å²) in [6.07, 6.45) is 2.83. The van der Waals surface area contributed by atoms with Gasteiger partial charge in [-0.3, -0.25) is 0 Å². The highest BCUT2D eigenvalue weighted by Gasteiger charge is 2.48. The zero-order valence-corrected chi connectivity index (χ0v) is 20.0. The maximum absolute atomic E-state index is 13.5. The Morgan fingerprint density at radius 1 is 0.939 bits per heavy atom. The van der Waals surface area contributed by atoms with Crippen molar-refractivity contribution in [2.24, 2.45) is 0 Å². The molecule has 170 valence electrons. The first-order chi connectivity index (χ1) is 15.9. The lowest BCUT2D eigenvalue weighted by Gasteiger charge is -2.52. The summed E-state index contributed by atoms with van der Waals surface area (Å²) in [7, 11) is 0.184. The smallest absolute Gasteiger partial charge is 0.243 e. The average molecular weight is 461 g/mol. The van der Waals surface area contributed by atoms with Crippen LogP contribution in [0, 0.1) is 6.92 Å². The molecule has 1 saturated heterocycles. The predicted octanol–water partition coefficient (Wildman–Crippen LogP) is 4.83. The van der Waals surface area contributed by atoms with E-state index in [4.69, 9.17) is 4.74 Å². The van der Waals surface area contributed by atoms with E-state index in [9.17, 15) is 8.42 Å². The number of rotatable bonds is 4. The maximum atomic E-state index is 13.5. The highest BCUT2D eigenvalue weighted by Crippen LogP contribution is 2.49. The number of hydrogen-bond acceptors (Lipinski definition) is 4. The van der Waals surface area contributed by atoms with Gasteiger partial charge in [0.1, 0.15) is 5.75 Å². The van der Waals surface area contributed by atoms with Crippen molar-refractivity contribution in [1.82, 2.24) is 4.31 Å². The highest BCUT2D eigenvalue weighted by molar-refractivity contribution is 7.89. The number of aryl methyl sites for hydroxylation is 1. The number of methoxy groups -OCH3 is 1. The van der Waals surface area contributed by atoms with Crippen molar-refractivity contribution in [3.05, 3.63) is 95.1 Å². The van der Waals surface area contributed by atoms with Crippen molar-refractivity contribution in [3.8, 4) is 5.75 Å². The first-order valence-corrected chi connectivity index (χ1v) is 12.6. The van der Waals surface area contributed by atoms with E-state index in [0.717, 1.165) is 33.7 Å². The number of para-hydroxylation sites is 1. The maximum Gasteiger partial charge on any atom is 0.243 e. The van der Waals surface area contributed by atoms with Crippen LogP contribution in [0.4, 0.5) is 5.69 Å². The molecule has 3 aromatic carbocycles. The third-order valence-electron chi connectivity index (χ3n) is 7.03. The van der Waals surface area contributed by atoms with E-state index < -0.39 is 15.6 Å². The van der Waals surface area contributed by atoms with Crippen LogP contribution in [-0.4, -0.2) is 40.0 Å². The van der Waals surface area contributed by atoms with E-state index in [-0.39, 0.29) is 0 Å². The Balaban J connectivity index is 1.61. The van der Waals surface area contributed by atoms with Gasteiger partial charge in [0.05, 0.1) is 17.5 Å². The predicted molar refractivity (Wildman–Crippen MR) is 132 cm³/mol. The summed E-state index contributed by atoms with van der Waals surface area (Å²) in [5, 5.41) is 0. The van der Waals surface area contributed by atoms with Gasteiger partial charge in [-0.25, -0.2) is 8.42 Å². The molecular weight excluding hydrogens is 432 g/mol. The third-order valence-corrected chi connectivity index (χ3v) is 8.89. The number of piperidine rings is 1. The van der Waals surface area contributed by atoms with Crippen molar-refractivity contribution >= 4 is 21.8 Å². The molecular formula is C27H28N2O3S. The molecule has 0 spiro atoms. The molecule has 0 aromatic heterocycles. The molecule has 5 rings (SSSR count). The van der Waals surface area contributed by atoms with Gasteiger partial charge in [-0.15, -0.1) is 0 Å². The van der Waals surface area contributed by atoms with Crippen LogP contribution >= 0.6 is 0 Å². The molecule has 0 amide bonds. The largest absolute Gasteiger partial charge is 0.497 e. The van der Waals surface area contributed by atoms with Crippen molar-refractivity contribution in [2.75, 3.05) is 32.1 Å². The van der Waals surface area contributed by atoms with Gasteiger partial charge in [-0.2, -0.15) is 4.31 Å². The standard InChI is InChI=1S/C27H28N2O3S/c1-20-8-14-25(15-9-20)33(30,31)29-17-16-27(22-10-12-24(32-3)13-11-22)23(19-29)18-21-6-4-5-7-26(21)28(27)2/h4-15,18H,16-17,19H2,1-3H3. The summed E-state index contributed by atoms with van der Waals surface area (Å²) in [5.74, 6) is 0.805. The van der Waals surface area contributed by atoms with Crippen molar-refractivity contribution in [2.45, 2.75) is 23.8 Å². The molecule has 6 heteroatoms. The van der Waals surface area contributed by atoms with Crippen LogP contribution in [0.3, 0.4) is 0 Å². The minimum atomic E-state index is -3.59. The molecule has 0 radical (unpaired) electrons. The van der Waals surface area contributed by atoms with Crippen LogP contribution in [-0.2, 0) is 15.6 Å². The molecule has 5 nitrogen and oxygen atoms in total. The van der Waals surface area contributed by atoms with Crippen LogP contribution < -0.4 is 9.64 Å². The normalized spacial score (nSPS) is 20.6. The summed E-state index contributed by atoms with van der Waals surface area (Å²) in [6, 6.07) is 23.5. The molecule has 1 atom stereocenters. The Hall–Kier alpha value is -3.09. The second kappa shape index (κ2) is 8.04. The van der Waals surface area contributed by atoms with Gasteiger partial charge in [0.15, 0.2) is 0 Å². The van der Waals surface area contributed by atoms with Gasteiger partial charge in [-0.1, -0.05) is 48.0 Å². The van der Waals surface area contributed by atoms with Crippen LogP contribution in [0.25, 0.3) is 6.08 Å². The Morgan fingerprint density at radius 2 is 1.64 bits per heavy atom. The fourth-order valence-electron chi connectivity index (χ4n) is 5.16. The Kier molecular flexibility index (Phi) is 5.30.